The maximum Gasteiger partial charge on any atom is 0.329 e. The highest BCUT2D eigenvalue weighted by atomic mass is 16.6. The molecule has 2 N–H and O–H groups in total. The normalized spacial score (nSPS) is 11.7. The molecule has 0 aliphatic carbocycles. The number of hydrazone groups is 1. The summed E-state index contributed by atoms with van der Waals surface area (Å²) in [4.78, 5) is 33.7. The standard InChI is InChI=1S/C17H16N4O4/c1-12(14-7-3-2-4-8-14)19-16(22)17(23)20-18-11-13-6-5-9-15(10-13)21(24)25/h2-12H,1H3,(H,19,22)(H,20,23)/b18-11+/t12-/m0/s1. The van der Waals surface area contributed by atoms with Gasteiger partial charge in [-0.2, -0.15) is 5.10 Å². The minimum absolute atomic E-state index is 0.0929. The quantitative estimate of drug-likeness (QED) is 0.374. The van der Waals surface area contributed by atoms with Crippen LogP contribution in [0.15, 0.2) is 59.7 Å². The Bertz CT molecular complexity index is 805. The van der Waals surface area contributed by atoms with Gasteiger partial charge in [-0.25, -0.2) is 5.43 Å². The van der Waals surface area contributed by atoms with Gasteiger partial charge in [-0.3, -0.25) is 19.7 Å². The summed E-state index contributed by atoms with van der Waals surface area (Å²) in [7, 11) is 0. The van der Waals surface area contributed by atoms with Gasteiger partial charge < -0.3 is 5.32 Å². The van der Waals surface area contributed by atoms with Crippen LogP contribution in [0.3, 0.4) is 0 Å². The molecule has 0 fully saturated rings. The summed E-state index contributed by atoms with van der Waals surface area (Å²) in [5.41, 5.74) is 3.28. The number of nitrogens with zero attached hydrogens (tertiary/aromatic N) is 2. The van der Waals surface area contributed by atoms with Gasteiger partial charge in [0, 0.05) is 17.7 Å². The van der Waals surface area contributed by atoms with Gasteiger partial charge in [-0.15, -0.1) is 0 Å². The van der Waals surface area contributed by atoms with Gasteiger partial charge in [0.2, 0.25) is 0 Å². The maximum absolute atomic E-state index is 11.8. The summed E-state index contributed by atoms with van der Waals surface area (Å²) < 4.78 is 0. The molecule has 0 spiro atoms. The van der Waals surface area contributed by atoms with E-state index in [1.807, 2.05) is 30.3 Å². The third-order valence-corrected chi connectivity index (χ3v) is 3.31. The SMILES string of the molecule is C[C@H](NC(=O)C(=O)N/N=C/c1cccc([N+](=O)[O-])c1)c1ccccc1. The number of carbonyl (C=O) groups excluding carboxylic acids is 2. The molecular formula is C17H16N4O4. The molecule has 2 amide bonds. The Morgan fingerprint density at radius 3 is 2.52 bits per heavy atom. The van der Waals surface area contributed by atoms with Crippen molar-refractivity contribution in [2.75, 3.05) is 0 Å². The minimum atomic E-state index is -0.926. The van der Waals surface area contributed by atoms with E-state index < -0.39 is 16.7 Å². The second-order valence-electron chi connectivity index (χ2n) is 5.16. The number of hydrogen-bond acceptors (Lipinski definition) is 5. The first-order valence-electron chi connectivity index (χ1n) is 7.40. The van der Waals surface area contributed by atoms with E-state index in [2.05, 4.69) is 15.8 Å². The molecule has 0 aliphatic heterocycles. The predicted octanol–water partition coefficient (Wildman–Crippen LogP) is 1.92. The predicted molar refractivity (Wildman–Crippen MR) is 91.8 cm³/mol. The van der Waals surface area contributed by atoms with Gasteiger partial charge >= 0.3 is 11.8 Å². The molecule has 0 unspecified atom stereocenters. The highest BCUT2D eigenvalue weighted by Crippen LogP contribution is 2.12. The lowest BCUT2D eigenvalue weighted by Gasteiger charge is -2.13. The van der Waals surface area contributed by atoms with E-state index in [0.29, 0.717) is 5.56 Å². The van der Waals surface area contributed by atoms with Crippen LogP contribution in [-0.2, 0) is 9.59 Å². The summed E-state index contributed by atoms with van der Waals surface area (Å²) in [6, 6.07) is 14.6. The lowest BCUT2D eigenvalue weighted by molar-refractivity contribution is -0.384. The number of carbonyl (C=O) groups is 2. The number of amides is 2. The third-order valence-electron chi connectivity index (χ3n) is 3.31. The smallest absolute Gasteiger partial charge is 0.329 e. The van der Waals surface area contributed by atoms with Crippen molar-refractivity contribution in [3.8, 4) is 0 Å². The van der Waals surface area contributed by atoms with Crippen LogP contribution in [-0.4, -0.2) is 23.0 Å². The van der Waals surface area contributed by atoms with Crippen molar-refractivity contribution in [2.45, 2.75) is 13.0 Å². The van der Waals surface area contributed by atoms with E-state index in [0.717, 1.165) is 5.56 Å². The summed E-state index contributed by atoms with van der Waals surface area (Å²) in [6.07, 6.45) is 1.22. The third kappa shape index (κ3) is 5.24. The molecule has 25 heavy (non-hydrogen) atoms. The molecule has 0 radical (unpaired) electrons. The molecule has 2 aromatic rings. The molecule has 0 bridgehead atoms. The number of benzene rings is 2. The van der Waals surface area contributed by atoms with Crippen LogP contribution in [0, 0.1) is 10.1 Å². The largest absolute Gasteiger partial charge is 0.341 e. The minimum Gasteiger partial charge on any atom is -0.341 e. The lowest BCUT2D eigenvalue weighted by Crippen LogP contribution is -2.39. The summed E-state index contributed by atoms with van der Waals surface area (Å²) in [5, 5.41) is 16.9. The van der Waals surface area contributed by atoms with Crippen LogP contribution in [0.1, 0.15) is 24.1 Å². The number of nitrogens with one attached hydrogen (secondary N) is 2. The Labute approximate surface area is 143 Å². The number of rotatable bonds is 5. The van der Waals surface area contributed by atoms with Crippen molar-refractivity contribution in [1.82, 2.24) is 10.7 Å². The van der Waals surface area contributed by atoms with E-state index in [-0.39, 0.29) is 11.7 Å². The molecule has 0 saturated carbocycles. The van der Waals surface area contributed by atoms with Crippen molar-refractivity contribution in [3.05, 3.63) is 75.8 Å². The van der Waals surface area contributed by atoms with Gasteiger partial charge in [-0.1, -0.05) is 42.5 Å². The van der Waals surface area contributed by atoms with Gasteiger partial charge in [0.15, 0.2) is 0 Å². The zero-order chi connectivity index (χ0) is 18.2. The first-order chi connectivity index (χ1) is 12.0. The van der Waals surface area contributed by atoms with Gasteiger partial charge in [0.05, 0.1) is 17.2 Å². The van der Waals surface area contributed by atoms with Crippen molar-refractivity contribution in [1.29, 1.82) is 0 Å². The van der Waals surface area contributed by atoms with E-state index in [1.165, 1.54) is 24.4 Å². The highest BCUT2D eigenvalue weighted by Gasteiger charge is 2.16. The Morgan fingerprint density at radius 2 is 1.84 bits per heavy atom. The molecular weight excluding hydrogens is 324 g/mol. The van der Waals surface area contributed by atoms with Crippen molar-refractivity contribution in [2.24, 2.45) is 5.10 Å². The van der Waals surface area contributed by atoms with Crippen LogP contribution in [0.2, 0.25) is 0 Å². The molecule has 0 heterocycles. The number of nitro groups is 1. The van der Waals surface area contributed by atoms with Crippen LogP contribution in [0.4, 0.5) is 5.69 Å². The molecule has 8 heteroatoms. The molecule has 0 aliphatic rings. The second-order valence-corrected chi connectivity index (χ2v) is 5.16. The van der Waals surface area contributed by atoms with Gasteiger partial charge in [0.25, 0.3) is 5.69 Å². The molecule has 2 aromatic carbocycles. The first-order valence-corrected chi connectivity index (χ1v) is 7.40. The fourth-order valence-corrected chi connectivity index (χ4v) is 2.02. The molecule has 1 atom stereocenters. The Kier molecular flexibility index (Phi) is 5.94. The average Bonchev–Trinajstić information content (AvgIpc) is 2.62. The molecule has 2 rings (SSSR count). The average molecular weight is 340 g/mol. The first kappa shape index (κ1) is 17.8. The van der Waals surface area contributed by atoms with Crippen molar-refractivity contribution in [3.63, 3.8) is 0 Å². The summed E-state index contributed by atoms with van der Waals surface area (Å²) in [6.45, 7) is 1.76. The fourth-order valence-electron chi connectivity index (χ4n) is 2.02. The van der Waals surface area contributed by atoms with Crippen LogP contribution in [0.5, 0.6) is 0 Å². The second kappa shape index (κ2) is 8.34. The van der Waals surface area contributed by atoms with Crippen LogP contribution in [0.25, 0.3) is 0 Å². The molecule has 0 aromatic heterocycles. The summed E-state index contributed by atoms with van der Waals surface area (Å²) in [5.74, 6) is -1.75. The van der Waals surface area contributed by atoms with Gasteiger partial charge in [-0.05, 0) is 12.5 Å². The monoisotopic (exact) mass is 340 g/mol. The number of hydrogen-bond donors (Lipinski definition) is 2. The zero-order valence-electron chi connectivity index (χ0n) is 13.4. The van der Waals surface area contributed by atoms with Gasteiger partial charge in [0.1, 0.15) is 0 Å². The van der Waals surface area contributed by atoms with E-state index in [9.17, 15) is 19.7 Å². The van der Waals surface area contributed by atoms with Crippen LogP contribution < -0.4 is 10.7 Å². The Balaban J connectivity index is 1.90. The van der Waals surface area contributed by atoms with E-state index in [1.54, 1.807) is 13.0 Å². The topological polar surface area (TPSA) is 114 Å². The van der Waals surface area contributed by atoms with Crippen LogP contribution >= 0.6 is 0 Å². The van der Waals surface area contributed by atoms with Crippen molar-refractivity contribution < 1.29 is 14.5 Å². The molecule has 8 nitrogen and oxygen atoms in total. The Morgan fingerprint density at radius 1 is 1.12 bits per heavy atom. The Hall–Kier alpha value is -3.55. The molecule has 128 valence electrons. The van der Waals surface area contributed by atoms with E-state index in [4.69, 9.17) is 0 Å². The fraction of sp³-hybridized carbons (Fsp3) is 0.118. The number of nitro benzene ring substituents is 1. The number of non-ortho nitro benzene ring substituents is 1. The highest BCUT2D eigenvalue weighted by molar-refractivity contribution is 6.35. The molecule has 0 saturated heterocycles. The van der Waals surface area contributed by atoms with E-state index >= 15 is 0 Å². The summed E-state index contributed by atoms with van der Waals surface area (Å²) >= 11 is 0. The lowest BCUT2D eigenvalue weighted by atomic mass is 10.1. The van der Waals surface area contributed by atoms with Crippen molar-refractivity contribution >= 4 is 23.7 Å². The zero-order valence-corrected chi connectivity index (χ0v) is 13.4. The maximum atomic E-state index is 11.8.